The number of carbonyl (C=O) groups is 2. The Kier molecular flexibility index (Phi) is 4.94. The van der Waals surface area contributed by atoms with Gasteiger partial charge in [-0.25, -0.2) is 9.18 Å². The summed E-state index contributed by atoms with van der Waals surface area (Å²) in [6.07, 6.45) is 0. The van der Waals surface area contributed by atoms with Crippen molar-refractivity contribution < 1.29 is 23.8 Å². The predicted octanol–water partition coefficient (Wildman–Crippen LogP) is 3.05. The first-order valence-corrected chi connectivity index (χ1v) is 6.68. The summed E-state index contributed by atoms with van der Waals surface area (Å²) in [6.45, 7) is -0.644. The molecule has 0 unspecified atom stereocenters. The molecule has 0 fully saturated rings. The highest BCUT2D eigenvalue weighted by Gasteiger charge is 2.18. The summed E-state index contributed by atoms with van der Waals surface area (Å²) in [6, 6.07) is 9.03. The minimum absolute atomic E-state index is 0.00423. The van der Waals surface area contributed by atoms with Crippen LogP contribution in [0.1, 0.15) is 21.5 Å². The van der Waals surface area contributed by atoms with Crippen LogP contribution < -0.4 is 4.74 Å². The molecule has 116 valence electrons. The fourth-order valence-electron chi connectivity index (χ4n) is 1.89. The molecule has 0 spiro atoms. The largest absolute Gasteiger partial charge is 0.481 e. The Labute approximate surface area is 135 Å². The second-order valence-electron chi connectivity index (χ2n) is 4.49. The molecule has 2 aromatic carbocycles. The molecule has 0 radical (unpaired) electrons. The molecule has 0 amide bonds. The third-order valence-electron chi connectivity index (χ3n) is 2.83. The average Bonchev–Trinajstić information content (AvgIpc) is 2.52. The number of nitrogens with zero attached hydrogens (tertiary/aromatic N) is 1. The topological polar surface area (TPSA) is 87.4 Å². The van der Waals surface area contributed by atoms with Gasteiger partial charge in [-0.3, -0.25) is 4.79 Å². The van der Waals surface area contributed by atoms with Crippen LogP contribution in [0.5, 0.6) is 5.75 Å². The minimum Gasteiger partial charge on any atom is -0.481 e. The molecule has 0 bridgehead atoms. The van der Waals surface area contributed by atoms with E-state index in [1.807, 2.05) is 0 Å². The second kappa shape index (κ2) is 6.90. The second-order valence-corrected chi connectivity index (χ2v) is 4.93. The zero-order valence-corrected chi connectivity index (χ0v) is 12.3. The van der Waals surface area contributed by atoms with Gasteiger partial charge in [-0.15, -0.1) is 0 Å². The summed E-state index contributed by atoms with van der Waals surface area (Å²) in [4.78, 5) is 23.1. The molecule has 7 heteroatoms. The molecule has 0 aliphatic carbocycles. The third-order valence-corrected chi connectivity index (χ3v) is 3.06. The van der Waals surface area contributed by atoms with Crippen LogP contribution in [0.15, 0.2) is 36.4 Å². The van der Waals surface area contributed by atoms with Gasteiger partial charge in [0.25, 0.3) is 0 Å². The van der Waals surface area contributed by atoms with Gasteiger partial charge in [-0.05, 0) is 36.4 Å². The lowest BCUT2D eigenvalue weighted by molar-refractivity contribution is -0.139. The number of hydrogen-bond acceptors (Lipinski definition) is 4. The Hall–Kier alpha value is -2.91. The molecule has 23 heavy (non-hydrogen) atoms. The van der Waals surface area contributed by atoms with Crippen molar-refractivity contribution in [3.63, 3.8) is 0 Å². The Morgan fingerprint density at radius 1 is 1.26 bits per heavy atom. The first-order chi connectivity index (χ1) is 10.9. The van der Waals surface area contributed by atoms with E-state index in [9.17, 15) is 14.0 Å². The van der Waals surface area contributed by atoms with E-state index in [2.05, 4.69) is 0 Å². The maximum atomic E-state index is 13.5. The van der Waals surface area contributed by atoms with E-state index in [-0.39, 0.29) is 27.5 Å². The van der Waals surface area contributed by atoms with Crippen LogP contribution in [0.3, 0.4) is 0 Å². The summed E-state index contributed by atoms with van der Waals surface area (Å²) in [5, 5.41) is 17.7. The van der Waals surface area contributed by atoms with Gasteiger partial charge in [0.1, 0.15) is 11.6 Å². The highest BCUT2D eigenvalue weighted by atomic mass is 35.5. The number of benzene rings is 2. The van der Waals surface area contributed by atoms with Gasteiger partial charge < -0.3 is 9.84 Å². The fourth-order valence-corrected chi connectivity index (χ4v) is 2.06. The number of rotatable bonds is 5. The number of carboxylic acids is 1. The van der Waals surface area contributed by atoms with E-state index in [1.54, 1.807) is 6.07 Å². The predicted molar refractivity (Wildman–Crippen MR) is 79.1 cm³/mol. The molecule has 0 saturated carbocycles. The minimum atomic E-state index is -1.21. The highest BCUT2D eigenvalue weighted by Crippen LogP contribution is 2.26. The van der Waals surface area contributed by atoms with Crippen molar-refractivity contribution in [2.75, 3.05) is 6.61 Å². The summed E-state index contributed by atoms with van der Waals surface area (Å²) in [7, 11) is 0. The SMILES string of the molecule is N#Cc1cc(F)cc(C(=O)c2cc(Cl)ccc2OCC(=O)O)c1. The van der Waals surface area contributed by atoms with Crippen LogP contribution in [0.2, 0.25) is 5.02 Å². The molecule has 0 atom stereocenters. The van der Waals surface area contributed by atoms with Gasteiger partial charge in [0.2, 0.25) is 0 Å². The molecular formula is C16H9ClFNO4. The first-order valence-electron chi connectivity index (χ1n) is 6.30. The number of nitriles is 1. The van der Waals surface area contributed by atoms with Crippen molar-refractivity contribution in [2.45, 2.75) is 0 Å². The van der Waals surface area contributed by atoms with Crippen molar-refractivity contribution in [1.29, 1.82) is 5.26 Å². The van der Waals surface area contributed by atoms with Gasteiger partial charge in [0, 0.05) is 10.6 Å². The zero-order valence-electron chi connectivity index (χ0n) is 11.5. The van der Waals surface area contributed by atoms with Crippen LogP contribution in [-0.2, 0) is 4.79 Å². The Morgan fingerprint density at radius 3 is 2.65 bits per heavy atom. The average molecular weight is 334 g/mol. The Bertz CT molecular complexity index is 829. The summed E-state index contributed by atoms with van der Waals surface area (Å²) in [5.74, 6) is -2.58. The van der Waals surface area contributed by atoms with E-state index in [0.29, 0.717) is 0 Å². The summed E-state index contributed by atoms with van der Waals surface area (Å²) in [5.41, 5.74) is -0.0967. The van der Waals surface area contributed by atoms with Gasteiger partial charge in [-0.1, -0.05) is 11.6 Å². The van der Waals surface area contributed by atoms with E-state index in [0.717, 1.165) is 12.1 Å². The summed E-state index contributed by atoms with van der Waals surface area (Å²) < 4.78 is 18.5. The van der Waals surface area contributed by atoms with E-state index < -0.39 is 24.2 Å². The third kappa shape index (κ3) is 4.05. The number of carboxylic acid groups (broad SMARTS) is 1. The van der Waals surface area contributed by atoms with Crippen LogP contribution in [0.4, 0.5) is 4.39 Å². The van der Waals surface area contributed by atoms with Crippen LogP contribution in [0.25, 0.3) is 0 Å². The maximum absolute atomic E-state index is 13.5. The lowest BCUT2D eigenvalue weighted by Crippen LogP contribution is -2.12. The Balaban J connectivity index is 2.46. The van der Waals surface area contributed by atoms with Crippen molar-refractivity contribution in [3.05, 3.63) is 63.9 Å². The lowest BCUT2D eigenvalue weighted by atomic mass is 10.0. The monoisotopic (exact) mass is 333 g/mol. The van der Waals surface area contributed by atoms with E-state index >= 15 is 0 Å². The molecule has 2 rings (SSSR count). The van der Waals surface area contributed by atoms with Gasteiger partial charge in [-0.2, -0.15) is 5.26 Å². The normalized spacial score (nSPS) is 9.96. The van der Waals surface area contributed by atoms with Crippen LogP contribution in [0, 0.1) is 17.1 Å². The molecule has 0 aromatic heterocycles. The molecule has 5 nitrogen and oxygen atoms in total. The molecular weight excluding hydrogens is 325 g/mol. The first kappa shape index (κ1) is 16.5. The Morgan fingerprint density at radius 2 is 2.00 bits per heavy atom. The van der Waals surface area contributed by atoms with Crippen molar-refractivity contribution >= 4 is 23.4 Å². The molecule has 0 aliphatic rings. The number of ether oxygens (including phenoxy) is 1. The van der Waals surface area contributed by atoms with Crippen molar-refractivity contribution in [1.82, 2.24) is 0 Å². The smallest absolute Gasteiger partial charge is 0.341 e. The fraction of sp³-hybridized carbons (Fsp3) is 0.0625. The number of carbonyl (C=O) groups excluding carboxylic acids is 1. The molecule has 2 aromatic rings. The maximum Gasteiger partial charge on any atom is 0.341 e. The standard InChI is InChI=1S/C16H9ClFNO4/c17-11-1-2-14(23-8-15(20)21)13(6-11)16(22)10-3-9(7-19)4-12(18)5-10/h1-6H,8H2,(H,20,21). The van der Waals surface area contributed by atoms with Crippen LogP contribution >= 0.6 is 11.6 Å². The summed E-state index contributed by atoms with van der Waals surface area (Å²) >= 11 is 5.85. The van der Waals surface area contributed by atoms with Crippen molar-refractivity contribution in [2.24, 2.45) is 0 Å². The molecule has 0 heterocycles. The zero-order chi connectivity index (χ0) is 17.0. The molecule has 1 N–H and O–H groups in total. The number of aliphatic carboxylic acids is 1. The number of halogens is 2. The quantitative estimate of drug-likeness (QED) is 0.850. The van der Waals surface area contributed by atoms with E-state index in [4.69, 9.17) is 26.7 Å². The van der Waals surface area contributed by atoms with E-state index in [1.165, 1.54) is 24.3 Å². The van der Waals surface area contributed by atoms with Gasteiger partial charge in [0.05, 0.1) is 17.2 Å². The molecule has 0 aliphatic heterocycles. The van der Waals surface area contributed by atoms with Crippen molar-refractivity contribution in [3.8, 4) is 11.8 Å². The van der Waals surface area contributed by atoms with Gasteiger partial charge >= 0.3 is 5.97 Å². The lowest BCUT2D eigenvalue weighted by Gasteiger charge is -2.10. The number of hydrogen-bond donors (Lipinski definition) is 1. The highest BCUT2D eigenvalue weighted by molar-refractivity contribution is 6.31. The van der Waals surface area contributed by atoms with Crippen LogP contribution in [-0.4, -0.2) is 23.5 Å². The number of ketones is 1. The molecule has 0 saturated heterocycles. The van der Waals surface area contributed by atoms with Gasteiger partial charge in [0.15, 0.2) is 12.4 Å².